The van der Waals surface area contributed by atoms with Crippen molar-refractivity contribution in [3.05, 3.63) is 235 Å². The molecule has 2 aromatic heterocycles. The van der Waals surface area contributed by atoms with Crippen LogP contribution in [0.4, 0.5) is 22.7 Å². The van der Waals surface area contributed by atoms with E-state index in [9.17, 15) is 0 Å². The first-order valence-corrected chi connectivity index (χ1v) is 29.2. The SMILES string of the molecule is CC(C)(C)c1cc(-c2cc(C(C)(C)C)cc(-c3ccc(-c4ccccc4)cc3)c2N2CN(c3cccc(Oc4cc5c6c7c(cccc7n(-c7cc(C(C)(C)C)ccn7)c6c4)B5c4ccccc4)c3)c3ccccc32)cc(C(C)(C)C)c1. The lowest BCUT2D eigenvalue weighted by Crippen LogP contribution is -2.49. The van der Waals surface area contributed by atoms with Crippen LogP contribution < -0.4 is 30.9 Å². The third-order valence-electron chi connectivity index (χ3n) is 17.2. The second kappa shape index (κ2) is 19.5. The summed E-state index contributed by atoms with van der Waals surface area (Å²) >= 11 is 0. The van der Waals surface area contributed by atoms with E-state index in [1.165, 1.54) is 88.5 Å². The number of hydrogen-bond acceptors (Lipinski definition) is 4. The molecule has 0 N–H and O–H groups in total. The van der Waals surface area contributed by atoms with Crippen LogP contribution in [0.2, 0.25) is 0 Å². The van der Waals surface area contributed by atoms with E-state index in [2.05, 4.69) is 304 Å². The van der Waals surface area contributed by atoms with Gasteiger partial charge in [-0.25, -0.2) is 4.98 Å². The van der Waals surface area contributed by atoms with Crippen molar-refractivity contribution in [3.8, 4) is 50.7 Å². The molecule has 5 nitrogen and oxygen atoms in total. The largest absolute Gasteiger partial charge is 0.457 e. The fraction of sp³-hybridized carbons (Fsp3) is 0.224. The highest BCUT2D eigenvalue weighted by Gasteiger charge is 2.37. The standard InChI is InChI=1S/C76H73BN4O/c1-73(2,3)53-37-38-78-69(44-53)81-67-32-22-29-63-70(67)71-64(77(63)57-25-17-14-18-26-57)46-60(47-68(71)81)82-59-28-21-27-58(45-59)79-48-80(66-31-20-19-30-65(66)79)72-61(51-35-33-50(34-36-51)49-23-15-13-16-24-49)42-56(76(10,11)12)43-62(72)52-39-54(74(4,5)6)41-55(40-52)75(7,8)9/h13-47H,48H2,1-12H3. The Bertz CT molecular complexity index is 4230. The van der Waals surface area contributed by atoms with E-state index in [0.717, 1.165) is 45.4 Å². The maximum Gasteiger partial charge on any atom is 0.243 e. The van der Waals surface area contributed by atoms with Gasteiger partial charge in [0.15, 0.2) is 0 Å². The molecule has 4 heterocycles. The van der Waals surface area contributed by atoms with Crippen molar-refractivity contribution in [2.45, 2.75) is 105 Å². The molecule has 406 valence electrons. The Kier molecular flexibility index (Phi) is 12.6. The molecule has 11 aromatic rings. The highest BCUT2D eigenvalue weighted by atomic mass is 16.5. The van der Waals surface area contributed by atoms with E-state index in [1.807, 2.05) is 6.20 Å². The van der Waals surface area contributed by atoms with Gasteiger partial charge in [-0.15, -0.1) is 0 Å². The number of para-hydroxylation sites is 2. The lowest BCUT2D eigenvalue weighted by molar-refractivity contribution is 0.484. The van der Waals surface area contributed by atoms with Crippen LogP contribution in [0.25, 0.3) is 61.0 Å². The second-order valence-electron chi connectivity index (χ2n) is 27.0. The van der Waals surface area contributed by atoms with Crippen molar-refractivity contribution in [2.75, 3.05) is 16.5 Å². The van der Waals surface area contributed by atoms with Crippen molar-refractivity contribution < 1.29 is 4.74 Å². The summed E-state index contributed by atoms with van der Waals surface area (Å²) in [5, 5.41) is 2.55. The van der Waals surface area contributed by atoms with Gasteiger partial charge in [0, 0.05) is 45.9 Å². The van der Waals surface area contributed by atoms with Gasteiger partial charge in [0.25, 0.3) is 0 Å². The fourth-order valence-electron chi connectivity index (χ4n) is 12.6. The summed E-state index contributed by atoms with van der Waals surface area (Å²) in [4.78, 5) is 10.1. The van der Waals surface area contributed by atoms with Crippen molar-refractivity contribution in [3.63, 3.8) is 0 Å². The summed E-state index contributed by atoms with van der Waals surface area (Å²) < 4.78 is 9.56. The van der Waals surface area contributed by atoms with Crippen LogP contribution in [0, 0.1) is 0 Å². The molecular formula is C76H73BN4O. The maximum absolute atomic E-state index is 7.21. The number of fused-ring (bicyclic) bond motifs is 1. The molecule has 0 saturated heterocycles. The minimum Gasteiger partial charge on any atom is -0.457 e. The molecule has 0 spiro atoms. The molecule has 6 heteroatoms. The molecule has 0 amide bonds. The van der Waals surface area contributed by atoms with Gasteiger partial charge in [-0.05, 0) is 127 Å². The van der Waals surface area contributed by atoms with Crippen molar-refractivity contribution in [2.24, 2.45) is 0 Å². The number of ether oxygens (including phenoxy) is 1. The van der Waals surface area contributed by atoms with Crippen LogP contribution in [-0.2, 0) is 21.7 Å². The monoisotopic (exact) mass is 1070 g/mol. The van der Waals surface area contributed by atoms with Crippen LogP contribution in [0.3, 0.4) is 0 Å². The number of rotatable bonds is 9. The average molecular weight is 1070 g/mol. The number of pyridine rings is 1. The van der Waals surface area contributed by atoms with Crippen LogP contribution in [-0.4, -0.2) is 22.9 Å². The van der Waals surface area contributed by atoms with Gasteiger partial charge in [-0.3, -0.25) is 4.57 Å². The Morgan fingerprint density at radius 2 is 0.963 bits per heavy atom. The van der Waals surface area contributed by atoms with Gasteiger partial charge in [0.05, 0.1) is 28.1 Å². The van der Waals surface area contributed by atoms with Crippen molar-refractivity contribution in [1.82, 2.24) is 9.55 Å². The number of hydrogen-bond donors (Lipinski definition) is 0. The van der Waals surface area contributed by atoms with Gasteiger partial charge in [0.2, 0.25) is 6.71 Å². The molecule has 2 aliphatic heterocycles. The molecule has 0 radical (unpaired) electrons. The minimum absolute atomic E-state index is 0.0425. The number of benzene rings is 9. The summed E-state index contributed by atoms with van der Waals surface area (Å²) in [5.41, 5.74) is 22.7. The Morgan fingerprint density at radius 3 is 1.62 bits per heavy atom. The first-order chi connectivity index (χ1) is 39.2. The van der Waals surface area contributed by atoms with E-state index >= 15 is 0 Å². The summed E-state index contributed by atoms with van der Waals surface area (Å²) in [6, 6.07) is 76.5. The molecule has 13 rings (SSSR count). The zero-order valence-electron chi connectivity index (χ0n) is 49.7. The Hall–Kier alpha value is -8.61. The molecule has 2 aliphatic rings. The predicted octanol–water partition coefficient (Wildman–Crippen LogP) is 18.2. The molecule has 0 bridgehead atoms. The molecule has 0 fully saturated rings. The van der Waals surface area contributed by atoms with Gasteiger partial charge in [0.1, 0.15) is 24.0 Å². The van der Waals surface area contributed by atoms with Crippen LogP contribution in [0.15, 0.2) is 212 Å². The first kappa shape index (κ1) is 52.7. The van der Waals surface area contributed by atoms with Gasteiger partial charge in [-0.2, -0.15) is 0 Å². The zero-order chi connectivity index (χ0) is 57.0. The predicted molar refractivity (Wildman–Crippen MR) is 349 cm³/mol. The van der Waals surface area contributed by atoms with E-state index in [4.69, 9.17) is 9.72 Å². The van der Waals surface area contributed by atoms with E-state index < -0.39 is 0 Å². The molecule has 9 aromatic carbocycles. The normalized spacial score (nSPS) is 13.5. The van der Waals surface area contributed by atoms with Crippen LogP contribution in [0.1, 0.15) is 105 Å². The fourth-order valence-corrected chi connectivity index (χ4v) is 12.6. The van der Waals surface area contributed by atoms with Crippen LogP contribution >= 0.6 is 0 Å². The quantitative estimate of drug-likeness (QED) is 0.135. The summed E-state index contributed by atoms with van der Waals surface area (Å²) in [5.74, 6) is 2.47. The molecule has 0 atom stereocenters. The Balaban J connectivity index is 0.955. The molecule has 82 heavy (non-hydrogen) atoms. The smallest absolute Gasteiger partial charge is 0.243 e. The second-order valence-corrected chi connectivity index (χ2v) is 27.0. The molecule has 0 saturated carbocycles. The third-order valence-corrected chi connectivity index (χ3v) is 17.2. The van der Waals surface area contributed by atoms with E-state index in [-0.39, 0.29) is 28.4 Å². The first-order valence-electron chi connectivity index (χ1n) is 29.2. The zero-order valence-corrected chi connectivity index (χ0v) is 49.7. The Labute approximate surface area is 486 Å². The topological polar surface area (TPSA) is 33.5 Å². The lowest BCUT2D eigenvalue weighted by Gasteiger charge is -2.32. The third kappa shape index (κ3) is 9.36. The molecule has 0 aliphatic carbocycles. The van der Waals surface area contributed by atoms with Crippen molar-refractivity contribution >= 4 is 67.7 Å². The number of aromatic nitrogens is 2. The van der Waals surface area contributed by atoms with Crippen LogP contribution in [0.5, 0.6) is 11.5 Å². The van der Waals surface area contributed by atoms with E-state index in [1.54, 1.807) is 0 Å². The highest BCUT2D eigenvalue weighted by Crippen LogP contribution is 2.53. The maximum atomic E-state index is 7.21. The van der Waals surface area contributed by atoms with E-state index in [0.29, 0.717) is 6.67 Å². The number of anilines is 4. The summed E-state index contributed by atoms with van der Waals surface area (Å²) in [6.45, 7) is 28.5. The molecular weight excluding hydrogens is 996 g/mol. The minimum atomic E-state index is -0.130. The highest BCUT2D eigenvalue weighted by molar-refractivity contribution is 7.01. The lowest BCUT2D eigenvalue weighted by atomic mass is 9.38. The van der Waals surface area contributed by atoms with Gasteiger partial charge in [-0.1, -0.05) is 233 Å². The number of nitrogens with zero attached hydrogens (tertiary/aromatic N) is 4. The van der Waals surface area contributed by atoms with Gasteiger partial charge < -0.3 is 14.5 Å². The Morgan fingerprint density at radius 1 is 0.402 bits per heavy atom. The average Bonchev–Trinajstić information content (AvgIpc) is 3.22. The van der Waals surface area contributed by atoms with Gasteiger partial charge >= 0.3 is 0 Å². The molecule has 0 unspecified atom stereocenters. The summed E-state index contributed by atoms with van der Waals surface area (Å²) in [7, 11) is 0. The van der Waals surface area contributed by atoms with Crippen molar-refractivity contribution in [1.29, 1.82) is 0 Å². The summed E-state index contributed by atoms with van der Waals surface area (Å²) in [6.07, 6.45) is 1.96.